The molecule has 0 aromatic heterocycles. The third-order valence-corrected chi connectivity index (χ3v) is 5.72. The molecular weight excluding hydrogens is 364 g/mol. The van der Waals surface area contributed by atoms with Crippen LogP contribution in [0.1, 0.15) is 5.56 Å². The molecule has 8 heteroatoms. The van der Waals surface area contributed by atoms with Crippen LogP contribution in [0.5, 0.6) is 5.75 Å². The molecule has 0 fully saturated rings. The molecule has 2 N–H and O–H groups in total. The number of carbonyl (C=O) groups excluding carboxylic acids is 1. The minimum Gasteiger partial charge on any atom is -0.495 e. The van der Waals surface area contributed by atoms with E-state index in [9.17, 15) is 13.2 Å². The first kappa shape index (κ1) is 19.2. The maximum Gasteiger partial charge on any atom is 0.243 e. The molecule has 0 saturated heterocycles. The van der Waals surface area contributed by atoms with E-state index in [-0.39, 0.29) is 16.5 Å². The summed E-state index contributed by atoms with van der Waals surface area (Å²) < 4.78 is 31.8. The summed E-state index contributed by atoms with van der Waals surface area (Å²) in [7, 11) is -2.48. The van der Waals surface area contributed by atoms with E-state index < -0.39 is 22.5 Å². The molecule has 0 spiro atoms. The molecule has 25 heavy (non-hydrogen) atoms. The number of nitrogens with zero attached hydrogens (tertiary/aromatic N) is 1. The van der Waals surface area contributed by atoms with Gasteiger partial charge in [-0.1, -0.05) is 41.9 Å². The minimum atomic E-state index is -3.92. The van der Waals surface area contributed by atoms with Gasteiger partial charge in [0.1, 0.15) is 5.75 Å². The fraction of sp³-hybridized carbons (Fsp3) is 0.235. The van der Waals surface area contributed by atoms with E-state index in [1.165, 1.54) is 25.3 Å². The molecular formula is C17H19ClN2O4S. The zero-order valence-corrected chi connectivity index (χ0v) is 15.3. The molecule has 2 aromatic rings. The Balaban J connectivity index is 2.28. The summed E-state index contributed by atoms with van der Waals surface area (Å²) in [6, 6.07) is 13.5. The highest BCUT2D eigenvalue weighted by atomic mass is 35.5. The van der Waals surface area contributed by atoms with Crippen molar-refractivity contribution >= 4 is 27.5 Å². The number of rotatable bonds is 8. The van der Waals surface area contributed by atoms with E-state index in [1.807, 2.05) is 30.3 Å². The van der Waals surface area contributed by atoms with Gasteiger partial charge in [0.25, 0.3) is 0 Å². The lowest BCUT2D eigenvalue weighted by atomic mass is 10.1. The van der Waals surface area contributed by atoms with Crippen LogP contribution in [0.4, 0.5) is 0 Å². The number of benzene rings is 2. The van der Waals surface area contributed by atoms with E-state index in [4.69, 9.17) is 22.1 Å². The lowest BCUT2D eigenvalue weighted by Gasteiger charge is -2.21. The molecule has 0 heterocycles. The van der Waals surface area contributed by atoms with Gasteiger partial charge in [0.2, 0.25) is 15.9 Å². The number of nitrogens with two attached hydrogens (primary N) is 1. The van der Waals surface area contributed by atoms with Crippen LogP contribution < -0.4 is 10.5 Å². The number of sulfonamides is 1. The highest BCUT2D eigenvalue weighted by Crippen LogP contribution is 2.28. The predicted molar refractivity (Wildman–Crippen MR) is 96.1 cm³/mol. The van der Waals surface area contributed by atoms with Crippen molar-refractivity contribution in [3.8, 4) is 5.75 Å². The Bertz CT molecular complexity index is 841. The summed E-state index contributed by atoms with van der Waals surface area (Å²) >= 11 is 6.02. The van der Waals surface area contributed by atoms with Gasteiger partial charge in [-0.15, -0.1) is 0 Å². The third-order valence-electron chi connectivity index (χ3n) is 3.59. The van der Waals surface area contributed by atoms with E-state index in [0.717, 1.165) is 9.87 Å². The quantitative estimate of drug-likeness (QED) is 0.756. The Morgan fingerprint density at radius 3 is 2.44 bits per heavy atom. The molecule has 134 valence electrons. The first-order valence-corrected chi connectivity index (χ1v) is 9.32. The van der Waals surface area contributed by atoms with Crippen molar-refractivity contribution in [3.63, 3.8) is 0 Å². The van der Waals surface area contributed by atoms with Crippen molar-refractivity contribution in [2.75, 3.05) is 20.2 Å². The topological polar surface area (TPSA) is 89.7 Å². The van der Waals surface area contributed by atoms with Crippen LogP contribution in [0, 0.1) is 0 Å². The highest BCUT2D eigenvalue weighted by molar-refractivity contribution is 7.89. The van der Waals surface area contributed by atoms with Crippen molar-refractivity contribution < 1.29 is 17.9 Å². The van der Waals surface area contributed by atoms with Gasteiger partial charge in [-0.05, 0) is 30.2 Å². The van der Waals surface area contributed by atoms with Gasteiger partial charge < -0.3 is 10.5 Å². The second kappa shape index (κ2) is 8.33. The zero-order valence-electron chi connectivity index (χ0n) is 13.7. The van der Waals surface area contributed by atoms with Gasteiger partial charge in [-0.3, -0.25) is 4.79 Å². The molecule has 0 aliphatic rings. The summed E-state index contributed by atoms with van der Waals surface area (Å²) in [4.78, 5) is 11.3. The number of hydrogen-bond donors (Lipinski definition) is 1. The van der Waals surface area contributed by atoms with Gasteiger partial charge in [-0.25, -0.2) is 8.42 Å². The fourth-order valence-corrected chi connectivity index (χ4v) is 4.07. The van der Waals surface area contributed by atoms with Gasteiger partial charge in [0.05, 0.1) is 23.6 Å². The average molecular weight is 383 g/mol. The van der Waals surface area contributed by atoms with E-state index >= 15 is 0 Å². The maximum absolute atomic E-state index is 12.9. The van der Waals surface area contributed by atoms with Crippen LogP contribution in [0.3, 0.4) is 0 Å². The van der Waals surface area contributed by atoms with Gasteiger partial charge in [-0.2, -0.15) is 4.31 Å². The van der Waals surface area contributed by atoms with Crippen LogP contribution in [0.2, 0.25) is 5.02 Å². The number of primary amides is 1. The van der Waals surface area contributed by atoms with Crippen molar-refractivity contribution in [1.82, 2.24) is 4.31 Å². The summed E-state index contributed by atoms with van der Waals surface area (Å²) in [5.41, 5.74) is 6.18. The van der Waals surface area contributed by atoms with E-state index in [1.54, 1.807) is 0 Å². The predicted octanol–water partition coefficient (Wildman–Crippen LogP) is 2.07. The number of methoxy groups -OCH3 is 1. The van der Waals surface area contributed by atoms with Crippen LogP contribution >= 0.6 is 11.6 Å². The molecule has 0 bridgehead atoms. The first-order chi connectivity index (χ1) is 11.8. The summed E-state index contributed by atoms with van der Waals surface area (Å²) in [5, 5.41) is 0.172. The van der Waals surface area contributed by atoms with E-state index in [2.05, 4.69) is 0 Å². The average Bonchev–Trinajstić information content (AvgIpc) is 2.59. The minimum absolute atomic E-state index is 0.0207. The molecule has 2 aromatic carbocycles. The normalized spacial score (nSPS) is 11.5. The summed E-state index contributed by atoms with van der Waals surface area (Å²) in [5.74, 6) is -0.359. The Kier molecular flexibility index (Phi) is 6.41. The highest BCUT2D eigenvalue weighted by Gasteiger charge is 2.26. The Hall–Kier alpha value is -2.09. The van der Waals surface area contributed by atoms with Crippen molar-refractivity contribution in [3.05, 3.63) is 59.1 Å². The lowest BCUT2D eigenvalue weighted by molar-refractivity contribution is -0.118. The van der Waals surface area contributed by atoms with Crippen molar-refractivity contribution in [2.45, 2.75) is 11.3 Å². The molecule has 0 aliphatic carbocycles. The van der Waals surface area contributed by atoms with Crippen molar-refractivity contribution in [2.24, 2.45) is 5.73 Å². The number of carbonyl (C=O) groups is 1. The van der Waals surface area contributed by atoms with Crippen molar-refractivity contribution in [1.29, 1.82) is 0 Å². The second-order valence-electron chi connectivity index (χ2n) is 5.34. The number of halogens is 1. The third kappa shape index (κ3) is 4.94. The van der Waals surface area contributed by atoms with Crippen LogP contribution in [0.15, 0.2) is 53.4 Å². The summed E-state index contributed by atoms with van der Waals surface area (Å²) in [6.45, 7) is -0.280. The molecule has 0 unspecified atom stereocenters. The lowest BCUT2D eigenvalue weighted by Crippen LogP contribution is -2.39. The molecule has 2 rings (SSSR count). The van der Waals surface area contributed by atoms with Gasteiger partial charge in [0, 0.05) is 6.54 Å². The number of ether oxygens (including phenoxy) is 1. The molecule has 0 atom stereocenters. The monoisotopic (exact) mass is 382 g/mol. The second-order valence-corrected chi connectivity index (χ2v) is 7.68. The van der Waals surface area contributed by atoms with Crippen LogP contribution in [-0.4, -0.2) is 38.8 Å². The first-order valence-electron chi connectivity index (χ1n) is 7.50. The standard InChI is InChI=1S/C17H19ClN2O4S/c1-24-16-8-7-14(11-15(16)18)25(22,23)20(12-17(19)21)10-9-13-5-3-2-4-6-13/h2-8,11H,9-10,12H2,1H3,(H2,19,21). The maximum atomic E-state index is 12.9. The Morgan fingerprint density at radius 1 is 1.20 bits per heavy atom. The molecule has 0 saturated carbocycles. The van der Waals surface area contributed by atoms with Gasteiger partial charge >= 0.3 is 0 Å². The molecule has 0 aliphatic heterocycles. The largest absolute Gasteiger partial charge is 0.495 e. The molecule has 6 nitrogen and oxygen atoms in total. The molecule has 1 amide bonds. The summed E-state index contributed by atoms with van der Waals surface area (Å²) in [6.07, 6.45) is 0.456. The Labute approximate surface area is 152 Å². The van der Waals surface area contributed by atoms with Gasteiger partial charge in [0.15, 0.2) is 0 Å². The SMILES string of the molecule is COc1ccc(S(=O)(=O)N(CCc2ccccc2)CC(N)=O)cc1Cl. The fourth-order valence-electron chi connectivity index (χ4n) is 2.31. The zero-order chi connectivity index (χ0) is 18.4. The van der Waals surface area contributed by atoms with E-state index in [0.29, 0.717) is 12.2 Å². The van der Waals surface area contributed by atoms with Crippen LogP contribution in [0.25, 0.3) is 0 Å². The Morgan fingerprint density at radius 2 is 1.88 bits per heavy atom. The van der Waals surface area contributed by atoms with Crippen LogP contribution in [-0.2, 0) is 21.2 Å². The number of amides is 1. The smallest absolute Gasteiger partial charge is 0.243 e. The number of hydrogen-bond acceptors (Lipinski definition) is 4. The molecule has 0 radical (unpaired) electrons.